The quantitative estimate of drug-likeness (QED) is 0.754. The third kappa shape index (κ3) is 3.56. The Kier molecular flexibility index (Phi) is 4.18. The number of anilines is 1. The zero-order valence-electron chi connectivity index (χ0n) is 10.8. The van der Waals surface area contributed by atoms with Gasteiger partial charge in [0.05, 0.1) is 12.1 Å². The van der Waals surface area contributed by atoms with Crippen LogP contribution in [0.5, 0.6) is 5.75 Å². The first kappa shape index (κ1) is 14.5. The van der Waals surface area contributed by atoms with Gasteiger partial charge in [-0.1, -0.05) is 18.2 Å². The van der Waals surface area contributed by atoms with E-state index >= 15 is 0 Å². The van der Waals surface area contributed by atoms with E-state index in [2.05, 4.69) is 5.32 Å². The Labute approximate surface area is 119 Å². The van der Waals surface area contributed by atoms with Gasteiger partial charge in [0.15, 0.2) is 5.75 Å². The number of halogens is 1. The van der Waals surface area contributed by atoms with Crippen LogP contribution in [0.1, 0.15) is 15.9 Å². The molecule has 6 heteroatoms. The highest BCUT2D eigenvalue weighted by molar-refractivity contribution is 5.98. The molecule has 5 nitrogen and oxygen atoms in total. The molecule has 0 spiro atoms. The number of benzene rings is 2. The van der Waals surface area contributed by atoms with Crippen LogP contribution in [0.25, 0.3) is 0 Å². The van der Waals surface area contributed by atoms with Gasteiger partial charge in [-0.3, -0.25) is 4.79 Å². The van der Waals surface area contributed by atoms with Gasteiger partial charge in [-0.15, -0.1) is 0 Å². The summed E-state index contributed by atoms with van der Waals surface area (Å²) < 4.78 is 13.0. The van der Waals surface area contributed by atoms with Gasteiger partial charge >= 0.3 is 5.97 Å². The first-order valence-corrected chi connectivity index (χ1v) is 6.07. The Morgan fingerprint density at radius 2 is 1.86 bits per heavy atom. The van der Waals surface area contributed by atoms with Crippen molar-refractivity contribution in [3.8, 4) is 5.75 Å². The second-order valence-electron chi connectivity index (χ2n) is 4.36. The molecule has 0 aliphatic heterocycles. The number of hydrogen-bond acceptors (Lipinski definition) is 3. The van der Waals surface area contributed by atoms with E-state index in [0.29, 0.717) is 5.56 Å². The summed E-state index contributed by atoms with van der Waals surface area (Å²) in [5.74, 6) is -2.75. The molecule has 2 aromatic carbocycles. The lowest BCUT2D eigenvalue weighted by molar-refractivity contribution is -0.115. The van der Waals surface area contributed by atoms with Gasteiger partial charge in [-0.05, 0) is 29.8 Å². The number of para-hydroxylation sites is 1. The number of carboxylic acids is 1. The average Bonchev–Trinajstić information content (AvgIpc) is 2.40. The van der Waals surface area contributed by atoms with Gasteiger partial charge in [-0.2, -0.15) is 0 Å². The van der Waals surface area contributed by atoms with Gasteiger partial charge in [0, 0.05) is 0 Å². The Hall–Kier alpha value is -2.89. The fourth-order valence-corrected chi connectivity index (χ4v) is 1.84. The summed E-state index contributed by atoms with van der Waals surface area (Å²) in [7, 11) is 0. The largest absolute Gasteiger partial charge is 0.505 e. The average molecular weight is 289 g/mol. The molecule has 108 valence electrons. The number of nitrogens with one attached hydrogen (secondary N) is 1. The van der Waals surface area contributed by atoms with Crippen LogP contribution >= 0.6 is 0 Å². The van der Waals surface area contributed by atoms with Gasteiger partial charge in [0.2, 0.25) is 5.91 Å². The van der Waals surface area contributed by atoms with Gasteiger partial charge in [0.1, 0.15) is 11.4 Å². The van der Waals surface area contributed by atoms with Crippen LogP contribution in [-0.2, 0) is 11.2 Å². The maximum Gasteiger partial charge on any atom is 0.339 e. The van der Waals surface area contributed by atoms with E-state index in [1.807, 2.05) is 0 Å². The molecule has 0 fully saturated rings. The summed E-state index contributed by atoms with van der Waals surface area (Å²) in [6, 6.07) is 9.58. The standard InChI is InChI=1S/C15H12FNO4/c16-10-4-1-3-9(7-10)8-13(18)17-12-6-2-5-11(14(12)19)15(20)21/h1-7,19H,8H2,(H,17,18)(H,20,21). The van der Waals surface area contributed by atoms with Crippen LogP contribution in [0.3, 0.4) is 0 Å². The summed E-state index contributed by atoms with van der Waals surface area (Å²) in [6.45, 7) is 0. The van der Waals surface area contributed by atoms with E-state index in [9.17, 15) is 19.1 Å². The van der Waals surface area contributed by atoms with Crippen molar-refractivity contribution < 1.29 is 24.2 Å². The van der Waals surface area contributed by atoms with Gasteiger partial charge in [0.25, 0.3) is 0 Å². The second-order valence-corrected chi connectivity index (χ2v) is 4.36. The van der Waals surface area contributed by atoms with Crippen LogP contribution in [0.15, 0.2) is 42.5 Å². The first-order valence-electron chi connectivity index (χ1n) is 6.07. The van der Waals surface area contributed by atoms with Crippen LogP contribution < -0.4 is 5.32 Å². The zero-order chi connectivity index (χ0) is 15.4. The Bertz CT molecular complexity index is 700. The topological polar surface area (TPSA) is 86.6 Å². The number of hydrogen-bond donors (Lipinski definition) is 3. The molecule has 2 rings (SSSR count). The SMILES string of the molecule is O=C(Cc1cccc(F)c1)Nc1cccc(C(=O)O)c1O. The zero-order valence-corrected chi connectivity index (χ0v) is 10.8. The number of amides is 1. The fraction of sp³-hybridized carbons (Fsp3) is 0.0667. The molecule has 0 aliphatic carbocycles. The van der Waals surface area contributed by atoms with Crippen LogP contribution in [-0.4, -0.2) is 22.1 Å². The number of carboxylic acid groups (broad SMARTS) is 1. The second kappa shape index (κ2) is 6.04. The molecule has 0 saturated carbocycles. The third-order valence-corrected chi connectivity index (χ3v) is 2.79. The van der Waals surface area contributed by atoms with Crippen molar-refractivity contribution in [3.05, 3.63) is 59.4 Å². The molecule has 0 atom stereocenters. The lowest BCUT2D eigenvalue weighted by Gasteiger charge is -2.09. The maximum absolute atomic E-state index is 13.0. The number of phenols is 1. The Morgan fingerprint density at radius 1 is 1.14 bits per heavy atom. The highest BCUT2D eigenvalue weighted by Gasteiger charge is 2.14. The van der Waals surface area contributed by atoms with E-state index in [0.717, 1.165) is 0 Å². The summed E-state index contributed by atoms with van der Waals surface area (Å²) in [5, 5.41) is 21.0. The van der Waals surface area contributed by atoms with Crippen LogP contribution in [0.2, 0.25) is 0 Å². The normalized spacial score (nSPS) is 10.1. The van der Waals surface area contributed by atoms with Crippen molar-refractivity contribution in [1.82, 2.24) is 0 Å². The molecule has 2 aromatic rings. The lowest BCUT2D eigenvalue weighted by Crippen LogP contribution is -2.15. The molecule has 0 aromatic heterocycles. The molecule has 0 radical (unpaired) electrons. The first-order chi connectivity index (χ1) is 9.97. The predicted molar refractivity (Wildman–Crippen MR) is 73.8 cm³/mol. The smallest absolute Gasteiger partial charge is 0.339 e. The number of aromatic carboxylic acids is 1. The molecule has 0 heterocycles. The summed E-state index contributed by atoms with van der Waals surface area (Å²) >= 11 is 0. The van der Waals surface area contributed by atoms with E-state index in [4.69, 9.17) is 5.11 Å². The molecule has 0 unspecified atom stereocenters. The number of rotatable bonds is 4. The van der Waals surface area contributed by atoms with E-state index in [1.54, 1.807) is 6.07 Å². The fourth-order valence-electron chi connectivity index (χ4n) is 1.84. The van der Waals surface area contributed by atoms with Crippen molar-refractivity contribution in [2.24, 2.45) is 0 Å². The molecule has 3 N–H and O–H groups in total. The minimum absolute atomic E-state index is 0.00342. The van der Waals surface area contributed by atoms with Gasteiger partial charge < -0.3 is 15.5 Å². The molecule has 0 saturated heterocycles. The molecule has 21 heavy (non-hydrogen) atoms. The maximum atomic E-state index is 13.0. The summed E-state index contributed by atoms with van der Waals surface area (Å²) in [6.07, 6.45) is -0.0888. The summed E-state index contributed by atoms with van der Waals surface area (Å²) in [5.41, 5.74) is 0.163. The predicted octanol–water partition coefficient (Wildman–Crippen LogP) is 2.41. The Balaban J connectivity index is 2.13. The minimum atomic E-state index is -1.30. The highest BCUT2D eigenvalue weighted by atomic mass is 19.1. The molecular weight excluding hydrogens is 277 g/mol. The summed E-state index contributed by atoms with van der Waals surface area (Å²) in [4.78, 5) is 22.7. The number of carbonyl (C=O) groups is 2. The van der Waals surface area contributed by atoms with Crippen LogP contribution in [0.4, 0.5) is 10.1 Å². The van der Waals surface area contributed by atoms with Crippen molar-refractivity contribution in [2.45, 2.75) is 6.42 Å². The van der Waals surface area contributed by atoms with Crippen molar-refractivity contribution >= 4 is 17.6 Å². The number of aromatic hydroxyl groups is 1. The van der Waals surface area contributed by atoms with Crippen molar-refractivity contribution in [3.63, 3.8) is 0 Å². The molecule has 0 aliphatic rings. The molecular formula is C15H12FNO4. The van der Waals surface area contributed by atoms with Crippen molar-refractivity contribution in [2.75, 3.05) is 5.32 Å². The van der Waals surface area contributed by atoms with E-state index < -0.39 is 23.4 Å². The number of carbonyl (C=O) groups excluding carboxylic acids is 1. The van der Waals surface area contributed by atoms with Crippen molar-refractivity contribution in [1.29, 1.82) is 0 Å². The minimum Gasteiger partial charge on any atom is -0.505 e. The highest BCUT2D eigenvalue weighted by Crippen LogP contribution is 2.27. The van der Waals surface area contributed by atoms with E-state index in [-0.39, 0.29) is 17.7 Å². The van der Waals surface area contributed by atoms with Gasteiger partial charge in [-0.25, -0.2) is 9.18 Å². The van der Waals surface area contributed by atoms with Crippen LogP contribution in [0, 0.1) is 5.82 Å². The molecule has 0 bridgehead atoms. The lowest BCUT2D eigenvalue weighted by atomic mass is 10.1. The van der Waals surface area contributed by atoms with E-state index in [1.165, 1.54) is 36.4 Å². The third-order valence-electron chi connectivity index (χ3n) is 2.79. The Morgan fingerprint density at radius 3 is 2.52 bits per heavy atom. The monoisotopic (exact) mass is 289 g/mol. The molecule has 1 amide bonds.